The SMILES string of the molecule is Cc1ccc(Sc2ccc(Cl)c(Cl)c2)c(CCN)c1. The number of halogens is 2. The summed E-state index contributed by atoms with van der Waals surface area (Å²) in [4.78, 5) is 2.30. The van der Waals surface area contributed by atoms with Gasteiger partial charge in [0, 0.05) is 9.79 Å². The molecule has 4 heteroatoms. The topological polar surface area (TPSA) is 26.0 Å². The maximum atomic E-state index is 6.04. The van der Waals surface area contributed by atoms with Gasteiger partial charge in [0.1, 0.15) is 0 Å². The summed E-state index contributed by atoms with van der Waals surface area (Å²) >= 11 is 13.7. The molecule has 100 valence electrons. The molecule has 0 fully saturated rings. The minimum atomic E-state index is 0.581. The average Bonchev–Trinajstić information content (AvgIpc) is 2.37. The Morgan fingerprint density at radius 1 is 1.05 bits per heavy atom. The van der Waals surface area contributed by atoms with E-state index < -0.39 is 0 Å². The van der Waals surface area contributed by atoms with E-state index in [0.29, 0.717) is 16.6 Å². The van der Waals surface area contributed by atoms with E-state index in [2.05, 4.69) is 25.1 Å². The van der Waals surface area contributed by atoms with Gasteiger partial charge >= 0.3 is 0 Å². The summed E-state index contributed by atoms with van der Waals surface area (Å²) in [5.74, 6) is 0. The third kappa shape index (κ3) is 3.90. The lowest BCUT2D eigenvalue weighted by Gasteiger charge is -2.10. The molecule has 2 aromatic carbocycles. The second-order valence-electron chi connectivity index (χ2n) is 4.33. The van der Waals surface area contributed by atoms with Gasteiger partial charge in [0.05, 0.1) is 10.0 Å². The monoisotopic (exact) mass is 311 g/mol. The summed E-state index contributed by atoms with van der Waals surface area (Å²) in [7, 11) is 0. The van der Waals surface area contributed by atoms with Crippen molar-refractivity contribution in [2.45, 2.75) is 23.1 Å². The minimum Gasteiger partial charge on any atom is -0.330 e. The molecule has 0 radical (unpaired) electrons. The van der Waals surface area contributed by atoms with Crippen LogP contribution in [0, 0.1) is 6.92 Å². The van der Waals surface area contributed by atoms with Crippen LogP contribution in [0.25, 0.3) is 0 Å². The van der Waals surface area contributed by atoms with Gasteiger partial charge in [0.15, 0.2) is 0 Å². The Morgan fingerprint density at radius 3 is 2.53 bits per heavy atom. The van der Waals surface area contributed by atoms with Crippen LogP contribution in [0.3, 0.4) is 0 Å². The van der Waals surface area contributed by atoms with E-state index in [1.807, 2.05) is 18.2 Å². The van der Waals surface area contributed by atoms with E-state index >= 15 is 0 Å². The number of aryl methyl sites for hydroxylation is 1. The molecule has 0 heterocycles. The highest BCUT2D eigenvalue weighted by Gasteiger charge is 2.06. The summed E-state index contributed by atoms with van der Waals surface area (Å²) in [5, 5.41) is 1.16. The summed E-state index contributed by atoms with van der Waals surface area (Å²) < 4.78 is 0. The highest BCUT2D eigenvalue weighted by molar-refractivity contribution is 7.99. The molecule has 0 saturated carbocycles. The minimum absolute atomic E-state index is 0.581. The number of hydrogen-bond acceptors (Lipinski definition) is 2. The Bertz CT molecular complexity index is 584. The molecule has 0 aliphatic carbocycles. The van der Waals surface area contributed by atoms with Gasteiger partial charge < -0.3 is 5.73 Å². The van der Waals surface area contributed by atoms with E-state index in [1.165, 1.54) is 16.0 Å². The molecule has 0 aliphatic rings. The Kier molecular flexibility index (Phi) is 5.17. The van der Waals surface area contributed by atoms with Crippen LogP contribution in [0.5, 0.6) is 0 Å². The molecule has 0 unspecified atom stereocenters. The van der Waals surface area contributed by atoms with E-state index in [-0.39, 0.29) is 0 Å². The van der Waals surface area contributed by atoms with Crippen LogP contribution < -0.4 is 5.73 Å². The fraction of sp³-hybridized carbons (Fsp3) is 0.200. The first-order chi connectivity index (χ1) is 9.10. The zero-order valence-electron chi connectivity index (χ0n) is 10.6. The van der Waals surface area contributed by atoms with E-state index in [1.54, 1.807) is 11.8 Å². The van der Waals surface area contributed by atoms with Crippen LogP contribution in [0.2, 0.25) is 10.0 Å². The van der Waals surface area contributed by atoms with Gasteiger partial charge in [-0.05, 0) is 49.7 Å². The van der Waals surface area contributed by atoms with Crippen molar-refractivity contribution in [2.24, 2.45) is 5.73 Å². The van der Waals surface area contributed by atoms with Crippen molar-refractivity contribution in [1.29, 1.82) is 0 Å². The maximum absolute atomic E-state index is 6.04. The van der Waals surface area contributed by atoms with Crippen molar-refractivity contribution in [2.75, 3.05) is 6.54 Å². The molecular formula is C15H15Cl2NS. The Labute approximate surface area is 128 Å². The van der Waals surface area contributed by atoms with Gasteiger partial charge in [-0.2, -0.15) is 0 Å². The average molecular weight is 312 g/mol. The van der Waals surface area contributed by atoms with Crippen LogP contribution in [0.4, 0.5) is 0 Å². The number of rotatable bonds is 4. The molecule has 0 amide bonds. The van der Waals surface area contributed by atoms with Gasteiger partial charge in [0.2, 0.25) is 0 Å². The fourth-order valence-electron chi connectivity index (χ4n) is 1.83. The highest BCUT2D eigenvalue weighted by Crippen LogP contribution is 2.34. The standard InChI is InChI=1S/C15H15Cl2NS/c1-10-2-5-15(11(8-10)6-7-18)19-12-3-4-13(16)14(17)9-12/h2-5,8-9H,6-7,18H2,1H3. The molecule has 0 atom stereocenters. The number of benzene rings is 2. The van der Waals surface area contributed by atoms with Gasteiger partial charge in [-0.1, -0.05) is 52.7 Å². The first kappa shape index (κ1) is 14.7. The zero-order chi connectivity index (χ0) is 13.8. The van der Waals surface area contributed by atoms with E-state index in [0.717, 1.165) is 11.3 Å². The second kappa shape index (κ2) is 6.67. The molecule has 0 spiro atoms. The zero-order valence-corrected chi connectivity index (χ0v) is 12.9. The van der Waals surface area contributed by atoms with Crippen LogP contribution in [0.15, 0.2) is 46.2 Å². The summed E-state index contributed by atoms with van der Waals surface area (Å²) in [5.41, 5.74) is 8.20. The number of nitrogens with two attached hydrogens (primary N) is 1. The van der Waals surface area contributed by atoms with Crippen molar-refractivity contribution in [1.82, 2.24) is 0 Å². The smallest absolute Gasteiger partial charge is 0.0603 e. The van der Waals surface area contributed by atoms with Gasteiger partial charge in [-0.25, -0.2) is 0 Å². The van der Waals surface area contributed by atoms with Gasteiger partial charge in [0.25, 0.3) is 0 Å². The third-order valence-electron chi connectivity index (χ3n) is 2.75. The second-order valence-corrected chi connectivity index (χ2v) is 6.26. The molecule has 1 nitrogen and oxygen atoms in total. The lowest BCUT2D eigenvalue weighted by Crippen LogP contribution is -2.03. The fourth-order valence-corrected chi connectivity index (χ4v) is 3.18. The molecule has 2 aromatic rings. The highest BCUT2D eigenvalue weighted by atomic mass is 35.5. The van der Waals surface area contributed by atoms with Crippen molar-refractivity contribution < 1.29 is 0 Å². The largest absolute Gasteiger partial charge is 0.330 e. The van der Waals surface area contributed by atoms with Gasteiger partial charge in [-0.15, -0.1) is 0 Å². The predicted molar refractivity (Wildman–Crippen MR) is 84.5 cm³/mol. The lowest BCUT2D eigenvalue weighted by atomic mass is 10.1. The third-order valence-corrected chi connectivity index (χ3v) is 4.60. The summed E-state index contributed by atoms with van der Waals surface area (Å²) in [6.07, 6.45) is 0.880. The Balaban J connectivity index is 2.29. The van der Waals surface area contributed by atoms with Crippen LogP contribution in [0.1, 0.15) is 11.1 Å². The number of hydrogen-bond donors (Lipinski definition) is 1. The van der Waals surface area contributed by atoms with E-state index in [9.17, 15) is 0 Å². The molecule has 0 bridgehead atoms. The van der Waals surface area contributed by atoms with Crippen molar-refractivity contribution in [3.8, 4) is 0 Å². The first-order valence-electron chi connectivity index (χ1n) is 6.02. The molecule has 0 aliphatic heterocycles. The summed E-state index contributed by atoms with van der Waals surface area (Å²) in [6.45, 7) is 2.74. The molecular weight excluding hydrogens is 297 g/mol. The first-order valence-corrected chi connectivity index (χ1v) is 7.60. The van der Waals surface area contributed by atoms with Crippen LogP contribution in [-0.4, -0.2) is 6.54 Å². The quantitative estimate of drug-likeness (QED) is 0.864. The van der Waals surface area contributed by atoms with Crippen molar-refractivity contribution in [3.05, 3.63) is 57.6 Å². The molecule has 19 heavy (non-hydrogen) atoms. The molecule has 0 saturated heterocycles. The van der Waals surface area contributed by atoms with Crippen molar-refractivity contribution in [3.63, 3.8) is 0 Å². The normalized spacial score (nSPS) is 10.7. The predicted octanol–water partition coefficient (Wildman–Crippen LogP) is 4.95. The van der Waals surface area contributed by atoms with E-state index in [4.69, 9.17) is 28.9 Å². The molecule has 2 rings (SSSR count). The van der Waals surface area contributed by atoms with Gasteiger partial charge in [-0.3, -0.25) is 0 Å². The Hall–Kier alpha value is -0.670. The van der Waals surface area contributed by atoms with Crippen LogP contribution in [-0.2, 0) is 6.42 Å². The lowest BCUT2D eigenvalue weighted by molar-refractivity contribution is 0.941. The summed E-state index contributed by atoms with van der Waals surface area (Å²) in [6, 6.07) is 12.1. The van der Waals surface area contributed by atoms with Crippen LogP contribution >= 0.6 is 35.0 Å². The van der Waals surface area contributed by atoms with Crippen molar-refractivity contribution >= 4 is 35.0 Å². The molecule has 2 N–H and O–H groups in total. The Morgan fingerprint density at radius 2 is 1.84 bits per heavy atom. The molecule has 0 aromatic heterocycles. The maximum Gasteiger partial charge on any atom is 0.0603 e.